The maximum Gasteiger partial charge on any atom is 0.271 e. The van der Waals surface area contributed by atoms with Gasteiger partial charge in [0.15, 0.2) is 0 Å². The van der Waals surface area contributed by atoms with Crippen LogP contribution in [0.25, 0.3) is 16.5 Å². The van der Waals surface area contributed by atoms with Crippen molar-refractivity contribution < 1.29 is 18.9 Å². The lowest BCUT2D eigenvalue weighted by atomic mass is 9.98. The third-order valence-electron chi connectivity index (χ3n) is 4.99. The number of carbonyl (C=O) groups is 1. The number of rotatable bonds is 6. The van der Waals surface area contributed by atoms with E-state index in [1.54, 1.807) is 19.3 Å². The number of allylic oxidation sites excluding steroid dienone is 1. The first-order valence-electron chi connectivity index (χ1n) is 9.61. The van der Waals surface area contributed by atoms with Crippen molar-refractivity contribution in [2.45, 2.75) is 34.6 Å². The SMILES string of the molecule is CCOc1c(/C(C)=C/C(=O)Nc2cc([N+](=O)[O-])ccc2C)cc2c(C)coc2c1C. The Balaban J connectivity index is 1.98. The van der Waals surface area contributed by atoms with E-state index >= 15 is 0 Å². The second kappa shape index (κ2) is 8.41. The lowest BCUT2D eigenvalue weighted by Gasteiger charge is -2.15. The first kappa shape index (κ1) is 21.1. The number of nitrogens with one attached hydrogen (secondary N) is 1. The molecular formula is C23H24N2O5. The first-order chi connectivity index (χ1) is 14.2. The number of hydrogen-bond donors (Lipinski definition) is 1. The summed E-state index contributed by atoms with van der Waals surface area (Å²) in [5.41, 5.74) is 5.22. The number of aryl methyl sites for hydroxylation is 3. The van der Waals surface area contributed by atoms with E-state index < -0.39 is 4.92 Å². The molecule has 0 unspecified atom stereocenters. The van der Waals surface area contributed by atoms with Gasteiger partial charge in [-0.15, -0.1) is 0 Å². The highest BCUT2D eigenvalue weighted by Crippen LogP contribution is 2.37. The second-order valence-corrected chi connectivity index (χ2v) is 7.18. The van der Waals surface area contributed by atoms with Crippen molar-refractivity contribution in [3.8, 4) is 5.75 Å². The quantitative estimate of drug-likeness (QED) is 0.320. The Hall–Kier alpha value is -3.61. The Morgan fingerprint density at radius 1 is 1.23 bits per heavy atom. The molecule has 0 bridgehead atoms. The monoisotopic (exact) mass is 408 g/mol. The van der Waals surface area contributed by atoms with Gasteiger partial charge >= 0.3 is 0 Å². The Morgan fingerprint density at radius 3 is 2.63 bits per heavy atom. The molecule has 0 fully saturated rings. The number of carbonyl (C=O) groups excluding carboxylic acids is 1. The number of nitro benzene ring substituents is 1. The zero-order chi connectivity index (χ0) is 22.0. The fourth-order valence-corrected chi connectivity index (χ4v) is 3.36. The highest BCUT2D eigenvalue weighted by molar-refractivity contribution is 6.05. The van der Waals surface area contributed by atoms with Gasteiger partial charge in [0.05, 0.1) is 23.5 Å². The van der Waals surface area contributed by atoms with Crippen molar-refractivity contribution in [2.75, 3.05) is 11.9 Å². The van der Waals surface area contributed by atoms with Crippen LogP contribution in [0.5, 0.6) is 5.75 Å². The highest BCUT2D eigenvalue weighted by Gasteiger charge is 2.17. The van der Waals surface area contributed by atoms with E-state index in [4.69, 9.17) is 9.15 Å². The zero-order valence-electron chi connectivity index (χ0n) is 17.7. The number of non-ortho nitro benzene ring substituents is 1. The van der Waals surface area contributed by atoms with Crippen LogP contribution in [0.2, 0.25) is 0 Å². The number of fused-ring (bicyclic) bond motifs is 1. The van der Waals surface area contributed by atoms with Gasteiger partial charge in [-0.2, -0.15) is 0 Å². The van der Waals surface area contributed by atoms with Crippen LogP contribution in [0.15, 0.2) is 41.0 Å². The molecule has 3 aromatic rings. The van der Waals surface area contributed by atoms with Gasteiger partial charge in [0.25, 0.3) is 5.69 Å². The molecule has 0 atom stereocenters. The maximum absolute atomic E-state index is 12.6. The summed E-state index contributed by atoms with van der Waals surface area (Å²) >= 11 is 0. The fourth-order valence-electron chi connectivity index (χ4n) is 3.36. The van der Waals surface area contributed by atoms with Crippen LogP contribution < -0.4 is 10.1 Å². The molecule has 1 N–H and O–H groups in total. The minimum Gasteiger partial charge on any atom is -0.493 e. The summed E-state index contributed by atoms with van der Waals surface area (Å²) < 4.78 is 11.5. The van der Waals surface area contributed by atoms with Crippen LogP contribution in [0, 0.1) is 30.9 Å². The molecule has 7 nitrogen and oxygen atoms in total. The smallest absolute Gasteiger partial charge is 0.271 e. The van der Waals surface area contributed by atoms with Crippen LogP contribution in [0.1, 0.15) is 36.1 Å². The molecular weight excluding hydrogens is 384 g/mol. The molecule has 1 heterocycles. The molecule has 1 aromatic heterocycles. The number of benzene rings is 2. The van der Waals surface area contributed by atoms with E-state index in [-0.39, 0.29) is 11.6 Å². The Morgan fingerprint density at radius 2 is 1.97 bits per heavy atom. The maximum atomic E-state index is 12.6. The predicted octanol–water partition coefficient (Wildman–Crippen LogP) is 5.71. The average molecular weight is 408 g/mol. The average Bonchev–Trinajstić information content (AvgIpc) is 3.06. The third-order valence-corrected chi connectivity index (χ3v) is 4.99. The van der Waals surface area contributed by atoms with E-state index in [9.17, 15) is 14.9 Å². The molecule has 7 heteroatoms. The lowest BCUT2D eigenvalue weighted by Crippen LogP contribution is -2.10. The molecule has 30 heavy (non-hydrogen) atoms. The molecule has 1 amide bonds. The summed E-state index contributed by atoms with van der Waals surface area (Å²) in [6.45, 7) is 9.88. The van der Waals surface area contributed by atoms with Crippen molar-refractivity contribution in [1.82, 2.24) is 0 Å². The summed E-state index contributed by atoms with van der Waals surface area (Å²) in [6.07, 6.45) is 3.17. The number of nitro groups is 1. The van der Waals surface area contributed by atoms with Gasteiger partial charge in [0, 0.05) is 34.7 Å². The topological polar surface area (TPSA) is 94.6 Å². The Bertz CT molecular complexity index is 1170. The number of anilines is 1. The zero-order valence-corrected chi connectivity index (χ0v) is 17.7. The standard InChI is InChI=1S/C23H24N2O5/c1-6-29-22-16(5)23-19(15(4)12-30-23)11-18(22)14(3)9-21(26)24-20-10-17(25(27)28)8-7-13(20)2/h7-12H,6H2,1-5H3,(H,24,26)/b14-9+. The lowest BCUT2D eigenvalue weighted by molar-refractivity contribution is -0.384. The molecule has 0 aliphatic rings. The van der Waals surface area contributed by atoms with Crippen LogP contribution in [0.4, 0.5) is 11.4 Å². The molecule has 156 valence electrons. The summed E-state index contributed by atoms with van der Waals surface area (Å²) in [6, 6.07) is 6.33. The van der Waals surface area contributed by atoms with Gasteiger partial charge in [-0.05, 0) is 57.4 Å². The minimum absolute atomic E-state index is 0.0771. The normalized spacial score (nSPS) is 11.6. The predicted molar refractivity (Wildman–Crippen MR) is 117 cm³/mol. The summed E-state index contributed by atoms with van der Waals surface area (Å²) in [5.74, 6) is 0.299. The number of nitrogens with zero attached hydrogens (tertiary/aromatic N) is 1. The van der Waals surface area contributed by atoms with E-state index in [1.165, 1.54) is 18.2 Å². The molecule has 2 aromatic carbocycles. The van der Waals surface area contributed by atoms with Gasteiger partial charge in [0.1, 0.15) is 11.3 Å². The molecule has 0 aliphatic heterocycles. The van der Waals surface area contributed by atoms with E-state index in [0.717, 1.165) is 33.2 Å². The highest BCUT2D eigenvalue weighted by atomic mass is 16.6. The summed E-state index contributed by atoms with van der Waals surface area (Å²) in [4.78, 5) is 23.2. The van der Waals surface area contributed by atoms with E-state index in [0.29, 0.717) is 23.6 Å². The van der Waals surface area contributed by atoms with Gasteiger partial charge < -0.3 is 14.5 Å². The van der Waals surface area contributed by atoms with Gasteiger partial charge in [-0.25, -0.2) is 0 Å². The van der Waals surface area contributed by atoms with Gasteiger partial charge in [-0.3, -0.25) is 14.9 Å². The minimum atomic E-state index is -0.490. The summed E-state index contributed by atoms with van der Waals surface area (Å²) in [7, 11) is 0. The van der Waals surface area contributed by atoms with Crippen molar-refractivity contribution in [3.63, 3.8) is 0 Å². The fraction of sp³-hybridized carbons (Fsp3) is 0.261. The van der Waals surface area contributed by atoms with E-state index in [2.05, 4.69) is 5.32 Å². The largest absolute Gasteiger partial charge is 0.493 e. The molecule has 0 saturated heterocycles. The first-order valence-corrected chi connectivity index (χ1v) is 9.61. The Labute approximate surface area is 174 Å². The van der Waals surface area contributed by atoms with Crippen LogP contribution >= 0.6 is 0 Å². The van der Waals surface area contributed by atoms with Crippen molar-refractivity contribution in [2.24, 2.45) is 0 Å². The van der Waals surface area contributed by atoms with Crippen LogP contribution in [-0.4, -0.2) is 17.4 Å². The van der Waals surface area contributed by atoms with Gasteiger partial charge in [-0.1, -0.05) is 6.07 Å². The molecule has 0 saturated carbocycles. The number of ether oxygens (including phenoxy) is 1. The molecule has 0 radical (unpaired) electrons. The third kappa shape index (κ3) is 4.05. The number of hydrogen-bond acceptors (Lipinski definition) is 5. The molecule has 3 rings (SSSR count). The van der Waals surface area contributed by atoms with Crippen molar-refractivity contribution >= 4 is 33.8 Å². The Kier molecular flexibility index (Phi) is 5.91. The van der Waals surface area contributed by atoms with Crippen molar-refractivity contribution in [1.29, 1.82) is 0 Å². The van der Waals surface area contributed by atoms with Crippen LogP contribution in [0.3, 0.4) is 0 Å². The molecule has 0 spiro atoms. The second-order valence-electron chi connectivity index (χ2n) is 7.18. The number of amides is 1. The summed E-state index contributed by atoms with van der Waals surface area (Å²) in [5, 5.41) is 14.7. The number of furan rings is 1. The molecule has 0 aliphatic carbocycles. The van der Waals surface area contributed by atoms with E-state index in [1.807, 2.05) is 33.8 Å². The van der Waals surface area contributed by atoms with Crippen LogP contribution in [-0.2, 0) is 4.79 Å². The van der Waals surface area contributed by atoms with Gasteiger partial charge in [0.2, 0.25) is 5.91 Å². The van der Waals surface area contributed by atoms with Crippen molar-refractivity contribution in [3.05, 3.63) is 69.0 Å².